The fraction of sp³-hybridized carbons (Fsp3) is 0.786. The molecule has 0 aliphatic carbocycles. The first kappa shape index (κ1) is 16.0. The van der Waals surface area contributed by atoms with E-state index in [-0.39, 0.29) is 12.1 Å². The van der Waals surface area contributed by atoms with Crippen molar-refractivity contribution >= 4 is 23.5 Å². The van der Waals surface area contributed by atoms with Crippen molar-refractivity contribution in [2.24, 2.45) is 5.73 Å². The van der Waals surface area contributed by atoms with Crippen LogP contribution in [0.25, 0.3) is 0 Å². The number of hydrogen-bond donors (Lipinski definition) is 1. The summed E-state index contributed by atoms with van der Waals surface area (Å²) in [6.07, 6.45) is 1.78. The Bertz CT molecular complexity index is 450. The molecule has 1 aromatic heterocycles. The van der Waals surface area contributed by atoms with E-state index >= 15 is 0 Å². The molecule has 1 aromatic rings. The van der Waals surface area contributed by atoms with Crippen molar-refractivity contribution < 1.29 is 4.74 Å². The molecule has 2 rings (SSSR count). The first-order valence-electron chi connectivity index (χ1n) is 7.09. The monoisotopic (exact) mass is 315 g/mol. The minimum absolute atomic E-state index is 0.0395. The second-order valence-electron chi connectivity index (χ2n) is 5.58. The van der Waals surface area contributed by atoms with E-state index in [1.165, 1.54) is 0 Å². The van der Waals surface area contributed by atoms with Crippen LogP contribution in [-0.2, 0) is 0 Å². The number of nitrogens with zero attached hydrogens (tertiary/aromatic N) is 2. The molecular formula is C14H25N3OS2. The SMILES string of the molecule is COc1cnn(C(C)C)c1C(N)C1CSC(C)C(C)S1. The van der Waals surface area contributed by atoms with Crippen molar-refractivity contribution in [1.82, 2.24) is 9.78 Å². The summed E-state index contributed by atoms with van der Waals surface area (Å²) < 4.78 is 7.45. The van der Waals surface area contributed by atoms with E-state index < -0.39 is 0 Å². The van der Waals surface area contributed by atoms with Gasteiger partial charge in [0.1, 0.15) is 0 Å². The van der Waals surface area contributed by atoms with Gasteiger partial charge in [-0.3, -0.25) is 4.68 Å². The summed E-state index contributed by atoms with van der Waals surface area (Å²) in [6.45, 7) is 8.83. The van der Waals surface area contributed by atoms with Crippen LogP contribution >= 0.6 is 23.5 Å². The molecule has 0 bridgehead atoms. The number of methoxy groups -OCH3 is 1. The lowest BCUT2D eigenvalue weighted by atomic mass is 10.1. The molecule has 2 heterocycles. The van der Waals surface area contributed by atoms with Crippen LogP contribution in [0.2, 0.25) is 0 Å². The maximum Gasteiger partial charge on any atom is 0.161 e. The number of ether oxygens (including phenoxy) is 1. The molecule has 20 heavy (non-hydrogen) atoms. The van der Waals surface area contributed by atoms with Crippen molar-refractivity contribution in [2.45, 2.75) is 55.5 Å². The zero-order valence-electron chi connectivity index (χ0n) is 12.9. The van der Waals surface area contributed by atoms with Crippen LogP contribution in [0.3, 0.4) is 0 Å². The molecule has 114 valence electrons. The third-order valence-corrected chi connectivity index (χ3v) is 7.31. The topological polar surface area (TPSA) is 53.1 Å². The van der Waals surface area contributed by atoms with Crippen LogP contribution in [0.15, 0.2) is 6.20 Å². The van der Waals surface area contributed by atoms with Gasteiger partial charge >= 0.3 is 0 Å². The maximum absolute atomic E-state index is 6.56. The van der Waals surface area contributed by atoms with Gasteiger partial charge in [0.2, 0.25) is 0 Å². The zero-order chi connectivity index (χ0) is 14.9. The normalized spacial score (nSPS) is 28.6. The highest BCUT2D eigenvalue weighted by atomic mass is 32.2. The van der Waals surface area contributed by atoms with Crippen molar-refractivity contribution in [3.05, 3.63) is 11.9 Å². The molecule has 4 nitrogen and oxygen atoms in total. The first-order valence-corrected chi connectivity index (χ1v) is 9.08. The van der Waals surface area contributed by atoms with E-state index in [2.05, 4.69) is 32.8 Å². The Labute approximate surface area is 130 Å². The Morgan fingerprint density at radius 2 is 2.10 bits per heavy atom. The molecule has 1 aliphatic rings. The van der Waals surface area contributed by atoms with Crippen molar-refractivity contribution in [3.63, 3.8) is 0 Å². The predicted octanol–water partition coefficient (Wildman–Crippen LogP) is 3.10. The molecule has 2 N–H and O–H groups in total. The van der Waals surface area contributed by atoms with Crippen LogP contribution in [0.4, 0.5) is 0 Å². The van der Waals surface area contributed by atoms with Crippen LogP contribution < -0.4 is 10.5 Å². The van der Waals surface area contributed by atoms with E-state index in [9.17, 15) is 0 Å². The molecular weight excluding hydrogens is 290 g/mol. The third-order valence-electron chi connectivity index (χ3n) is 3.80. The number of thioether (sulfide) groups is 2. The number of aromatic nitrogens is 2. The molecule has 1 fully saturated rings. The van der Waals surface area contributed by atoms with E-state index in [4.69, 9.17) is 10.5 Å². The highest BCUT2D eigenvalue weighted by Gasteiger charge is 2.33. The minimum atomic E-state index is -0.0395. The van der Waals surface area contributed by atoms with Crippen molar-refractivity contribution in [3.8, 4) is 5.75 Å². The Hall–Kier alpha value is -0.330. The maximum atomic E-state index is 6.56. The van der Waals surface area contributed by atoms with Gasteiger partial charge in [0, 0.05) is 27.5 Å². The quantitative estimate of drug-likeness (QED) is 0.925. The van der Waals surface area contributed by atoms with Crippen LogP contribution in [0.5, 0.6) is 5.75 Å². The number of rotatable bonds is 4. The van der Waals surface area contributed by atoms with Gasteiger partial charge in [0.05, 0.1) is 25.0 Å². The van der Waals surface area contributed by atoms with Gasteiger partial charge in [-0.2, -0.15) is 28.6 Å². The molecule has 4 atom stereocenters. The average Bonchev–Trinajstić information content (AvgIpc) is 2.85. The molecule has 4 unspecified atom stereocenters. The van der Waals surface area contributed by atoms with Gasteiger partial charge < -0.3 is 10.5 Å². The highest BCUT2D eigenvalue weighted by molar-refractivity contribution is 8.07. The summed E-state index contributed by atoms with van der Waals surface area (Å²) in [5.41, 5.74) is 7.59. The van der Waals surface area contributed by atoms with E-state index in [1.54, 1.807) is 13.3 Å². The van der Waals surface area contributed by atoms with E-state index in [1.807, 2.05) is 28.2 Å². The van der Waals surface area contributed by atoms with Gasteiger partial charge in [0.25, 0.3) is 0 Å². The molecule has 0 radical (unpaired) electrons. The van der Waals surface area contributed by atoms with Crippen molar-refractivity contribution in [2.75, 3.05) is 12.9 Å². The lowest BCUT2D eigenvalue weighted by molar-refractivity contribution is 0.396. The van der Waals surface area contributed by atoms with Crippen LogP contribution in [0.1, 0.15) is 45.5 Å². The van der Waals surface area contributed by atoms with Gasteiger partial charge in [-0.05, 0) is 13.8 Å². The molecule has 0 aromatic carbocycles. The fourth-order valence-electron chi connectivity index (χ4n) is 2.41. The first-order chi connectivity index (χ1) is 9.45. The summed E-state index contributed by atoms with van der Waals surface area (Å²) >= 11 is 4.01. The smallest absolute Gasteiger partial charge is 0.161 e. The highest BCUT2D eigenvalue weighted by Crippen LogP contribution is 2.42. The zero-order valence-corrected chi connectivity index (χ0v) is 14.5. The number of hydrogen-bond acceptors (Lipinski definition) is 5. The minimum Gasteiger partial charge on any atom is -0.493 e. The molecule has 6 heteroatoms. The molecule has 0 amide bonds. The number of nitrogens with two attached hydrogens (primary N) is 1. The van der Waals surface area contributed by atoms with Crippen LogP contribution in [0, 0.1) is 0 Å². The molecule has 1 aliphatic heterocycles. The summed E-state index contributed by atoms with van der Waals surface area (Å²) in [4.78, 5) is 0. The van der Waals surface area contributed by atoms with E-state index in [0.29, 0.717) is 15.7 Å². The molecule has 0 saturated carbocycles. The summed E-state index contributed by atoms with van der Waals surface area (Å²) in [5.74, 6) is 1.90. The van der Waals surface area contributed by atoms with Crippen molar-refractivity contribution in [1.29, 1.82) is 0 Å². The average molecular weight is 316 g/mol. The standard InChI is InChI=1S/C14H25N3OS2/c1-8(2)17-14(11(18-5)6-16-17)13(15)12-7-19-9(3)10(4)20-12/h6,8-10,12-13H,7,15H2,1-5H3. The molecule has 0 spiro atoms. The Balaban J connectivity index is 2.24. The van der Waals surface area contributed by atoms with Crippen LogP contribution in [-0.4, -0.2) is 38.4 Å². The van der Waals surface area contributed by atoms with Gasteiger partial charge in [0.15, 0.2) is 5.75 Å². The third kappa shape index (κ3) is 3.12. The van der Waals surface area contributed by atoms with Gasteiger partial charge in [-0.25, -0.2) is 0 Å². The Kier molecular flexibility index (Phi) is 5.31. The second-order valence-corrected chi connectivity index (χ2v) is 8.61. The fourth-order valence-corrected chi connectivity index (χ4v) is 5.43. The lowest BCUT2D eigenvalue weighted by Gasteiger charge is -2.35. The summed E-state index contributed by atoms with van der Waals surface area (Å²) in [6, 6.07) is 0.250. The predicted molar refractivity (Wildman–Crippen MR) is 88.9 cm³/mol. The van der Waals surface area contributed by atoms with E-state index in [0.717, 1.165) is 17.2 Å². The van der Waals surface area contributed by atoms with Gasteiger partial charge in [-0.1, -0.05) is 13.8 Å². The summed E-state index contributed by atoms with van der Waals surface area (Å²) in [5, 5.41) is 6.17. The largest absolute Gasteiger partial charge is 0.493 e. The Morgan fingerprint density at radius 1 is 1.40 bits per heavy atom. The van der Waals surface area contributed by atoms with Gasteiger partial charge in [-0.15, -0.1) is 0 Å². The summed E-state index contributed by atoms with van der Waals surface area (Å²) in [7, 11) is 1.69. The molecule has 1 saturated heterocycles. The second kappa shape index (κ2) is 6.62. The Morgan fingerprint density at radius 3 is 2.65 bits per heavy atom. The lowest BCUT2D eigenvalue weighted by Crippen LogP contribution is -2.35.